The van der Waals surface area contributed by atoms with Crippen molar-refractivity contribution in [2.24, 2.45) is 0 Å². The topological polar surface area (TPSA) is 69.2 Å². The van der Waals surface area contributed by atoms with Crippen LogP contribution in [0.3, 0.4) is 0 Å². The van der Waals surface area contributed by atoms with Crippen LogP contribution in [0.5, 0.6) is 0 Å². The van der Waals surface area contributed by atoms with Crippen LogP contribution in [-0.2, 0) is 20.4 Å². The second-order valence-corrected chi connectivity index (χ2v) is 6.34. The van der Waals surface area contributed by atoms with E-state index in [9.17, 15) is 15.3 Å². The molecule has 0 aromatic heterocycles. The second kappa shape index (κ2) is 11.7. The van der Waals surface area contributed by atoms with Crippen molar-refractivity contribution in [3.8, 4) is 0 Å². The summed E-state index contributed by atoms with van der Waals surface area (Å²) >= 11 is 2.00. The molecule has 0 unspecified atom stereocenters. The first-order chi connectivity index (χ1) is 7.00. The van der Waals surface area contributed by atoms with Gasteiger partial charge in [0.05, 0.1) is 0 Å². The minimum absolute atomic E-state index is 0.750. The molecule has 17 heavy (non-hydrogen) atoms. The van der Waals surface area contributed by atoms with Crippen LogP contribution in [-0.4, -0.2) is 16.8 Å². The van der Waals surface area contributed by atoms with Gasteiger partial charge in [-0.25, -0.2) is 0 Å². The summed E-state index contributed by atoms with van der Waals surface area (Å²) < 4.78 is 0. The summed E-state index contributed by atoms with van der Waals surface area (Å²) in [6.07, 6.45) is 0. The molecule has 0 aromatic rings. The van der Waals surface area contributed by atoms with Crippen molar-refractivity contribution in [1.29, 1.82) is 0 Å². The van der Waals surface area contributed by atoms with Gasteiger partial charge in [-0.2, -0.15) is 0 Å². The van der Waals surface area contributed by atoms with Crippen molar-refractivity contribution in [3.05, 3.63) is 0 Å². The van der Waals surface area contributed by atoms with Gasteiger partial charge < -0.3 is 15.3 Å². The fraction of sp³-hybridized carbons (Fsp3) is 1.00. The molecule has 0 aliphatic carbocycles. The van der Waals surface area contributed by atoms with E-state index in [1.807, 2.05) is 25.7 Å². The maximum atomic E-state index is 10.1. The van der Waals surface area contributed by atoms with Gasteiger partial charge in [-0.3, -0.25) is 0 Å². The van der Waals surface area contributed by atoms with Crippen molar-refractivity contribution in [3.63, 3.8) is 0 Å². The van der Waals surface area contributed by atoms with Gasteiger partial charge in [0.1, 0.15) is 0 Å². The summed E-state index contributed by atoms with van der Waals surface area (Å²) in [4.78, 5) is 0. The third-order valence-corrected chi connectivity index (χ3v) is 0. The monoisotopic (exact) mass is 282 g/mol. The number of rotatable bonds is 0. The van der Waals surface area contributed by atoms with Crippen LogP contribution in [0, 0.1) is 0 Å². The van der Waals surface area contributed by atoms with Gasteiger partial charge in [-0.15, -0.1) is 16.8 Å². The first kappa shape index (κ1) is 26.2. The predicted molar refractivity (Wildman–Crippen MR) is 65.1 cm³/mol. The van der Waals surface area contributed by atoms with Crippen LogP contribution >= 0.6 is 0 Å². The van der Waals surface area contributed by atoms with Crippen molar-refractivity contribution in [2.45, 2.75) is 84.3 Å². The van der Waals surface area contributed by atoms with Crippen molar-refractivity contribution in [2.75, 3.05) is 0 Å². The molecule has 4 heteroatoms. The molecule has 0 radical (unpaired) electrons. The summed E-state index contributed by atoms with van der Waals surface area (Å²) in [6, 6.07) is 0. The van der Waals surface area contributed by atoms with Crippen molar-refractivity contribution < 1.29 is 35.8 Å². The van der Waals surface area contributed by atoms with Gasteiger partial charge in [0.15, 0.2) is 0 Å². The molecule has 0 aliphatic heterocycles. The van der Waals surface area contributed by atoms with E-state index in [4.69, 9.17) is 0 Å². The predicted octanol–water partition coefficient (Wildman–Crippen LogP) is 1.02. The van der Waals surface area contributed by atoms with Crippen LogP contribution < -0.4 is 15.3 Å². The van der Waals surface area contributed by atoms with Gasteiger partial charge >= 0.3 is 25.7 Å². The Kier molecular flexibility index (Phi) is 18.0. The van der Waals surface area contributed by atoms with E-state index >= 15 is 0 Å². The van der Waals surface area contributed by atoms with E-state index < -0.39 is 16.8 Å². The average molecular weight is 282 g/mol. The molecule has 0 N–H and O–H groups in total. The molecule has 0 rings (SSSR count). The zero-order valence-corrected chi connectivity index (χ0v) is 14.8. The van der Waals surface area contributed by atoms with E-state index in [0.717, 1.165) is 0 Å². The SMILES string of the molecule is CC(C)(C)[O-].CC(C)(C)[O-].CC(C)(C)[O-].[CH3][Ti+3]. The Hall–Kier alpha value is 0.594. The molecular weight excluding hydrogens is 252 g/mol. The Labute approximate surface area is 120 Å². The molecule has 0 amide bonds. The standard InChI is InChI=1S/3C4H9O.CH3.Ti/c3*1-4(2,3)5;;/h3*1-3H3;1H3;/q3*-1;;+3. The van der Waals surface area contributed by atoms with Gasteiger partial charge in [0, 0.05) is 0 Å². The zero-order valence-electron chi connectivity index (χ0n) is 13.2. The Morgan fingerprint density at radius 1 is 0.471 bits per heavy atom. The van der Waals surface area contributed by atoms with Crippen LogP contribution in [0.25, 0.3) is 0 Å². The maximum absolute atomic E-state index is 10.1. The summed E-state index contributed by atoms with van der Waals surface area (Å²) in [5.41, 5.74) is -2.25. The third kappa shape index (κ3) is 10000. The zero-order chi connectivity index (χ0) is 15.5. The molecule has 104 valence electrons. The molecule has 0 saturated heterocycles. The number of hydrogen-bond donors (Lipinski definition) is 0. The quantitative estimate of drug-likeness (QED) is 0.623. The van der Waals surface area contributed by atoms with Crippen molar-refractivity contribution >= 4 is 0 Å². The fourth-order valence-electron chi connectivity index (χ4n) is 0. The molecule has 0 aliphatic rings. The van der Waals surface area contributed by atoms with E-state index in [2.05, 4.69) is 0 Å². The first-order valence-electron chi connectivity index (χ1n) is 5.61. The van der Waals surface area contributed by atoms with E-state index in [1.54, 1.807) is 62.3 Å². The van der Waals surface area contributed by atoms with Crippen LogP contribution in [0.1, 0.15) is 62.3 Å². The molecule has 0 spiro atoms. The molecule has 0 aromatic carbocycles. The molecule has 0 fully saturated rings. The molecule has 0 heterocycles. The van der Waals surface area contributed by atoms with Gasteiger partial charge in [0.25, 0.3) is 0 Å². The van der Waals surface area contributed by atoms with Crippen molar-refractivity contribution in [1.82, 2.24) is 0 Å². The van der Waals surface area contributed by atoms with Crippen LogP contribution in [0.2, 0.25) is 5.23 Å². The van der Waals surface area contributed by atoms with E-state index in [0.29, 0.717) is 0 Å². The fourth-order valence-corrected chi connectivity index (χ4v) is 0. The summed E-state index contributed by atoms with van der Waals surface area (Å²) in [5, 5.41) is 32.3. The molecule has 0 bridgehead atoms. The summed E-state index contributed by atoms with van der Waals surface area (Å²) in [7, 11) is 0. The molecule has 0 atom stereocenters. The number of hydrogen-bond acceptors (Lipinski definition) is 3. The summed E-state index contributed by atoms with van der Waals surface area (Å²) in [5.74, 6) is 0. The minimum atomic E-state index is -0.750. The Balaban J connectivity index is -0.0000000693. The normalized spacial score (nSPS) is 11.0. The van der Waals surface area contributed by atoms with E-state index in [-0.39, 0.29) is 0 Å². The Bertz CT molecular complexity index is 91.7. The summed E-state index contributed by atoms with van der Waals surface area (Å²) in [6.45, 7) is 14.7. The third-order valence-electron chi connectivity index (χ3n) is 0. The first-order valence-corrected chi connectivity index (χ1v) is 7.17. The van der Waals surface area contributed by atoms with Gasteiger partial charge in [-0.05, 0) is 0 Å². The molecule has 3 nitrogen and oxygen atoms in total. The van der Waals surface area contributed by atoms with Gasteiger partial charge in [0.2, 0.25) is 0 Å². The second-order valence-electron chi connectivity index (χ2n) is 6.34. The Morgan fingerprint density at radius 2 is 0.471 bits per heavy atom. The van der Waals surface area contributed by atoms with Gasteiger partial charge in [-0.1, -0.05) is 62.3 Å². The molecular formula is C13H30O3Ti. The Morgan fingerprint density at radius 3 is 0.471 bits per heavy atom. The average Bonchev–Trinajstić information content (AvgIpc) is 1.77. The van der Waals surface area contributed by atoms with Crippen LogP contribution in [0.15, 0.2) is 0 Å². The molecule has 0 saturated carbocycles. The van der Waals surface area contributed by atoms with E-state index in [1.165, 1.54) is 0 Å². The van der Waals surface area contributed by atoms with Crippen LogP contribution in [0.4, 0.5) is 0 Å².